The smallest absolute Gasteiger partial charge is 0.324 e. The number of aryl methyl sites for hydroxylation is 1. The van der Waals surface area contributed by atoms with Crippen molar-refractivity contribution < 1.29 is 17.9 Å². The molecular weight excluding hydrogens is 346 g/mol. The van der Waals surface area contributed by atoms with Crippen LogP contribution in [-0.2, 0) is 19.6 Å². The maximum absolute atomic E-state index is 12.7. The Balaban J connectivity index is 1.98. The molecular formula is C13H14BrNO4S. The molecule has 2 bridgehead atoms. The third-order valence-corrected chi connectivity index (χ3v) is 6.50. The summed E-state index contributed by atoms with van der Waals surface area (Å²) >= 11 is 3.40. The van der Waals surface area contributed by atoms with Gasteiger partial charge in [-0.15, -0.1) is 0 Å². The maximum Gasteiger partial charge on any atom is 0.324 e. The molecule has 5 nitrogen and oxygen atoms in total. The van der Waals surface area contributed by atoms with Gasteiger partial charge < -0.3 is 4.74 Å². The van der Waals surface area contributed by atoms with Crippen molar-refractivity contribution in [3.8, 4) is 0 Å². The molecule has 0 spiro atoms. The number of fused-ring (bicyclic) bond motifs is 2. The lowest BCUT2D eigenvalue weighted by Crippen LogP contribution is -2.49. The van der Waals surface area contributed by atoms with Crippen molar-refractivity contribution in [2.75, 3.05) is 6.54 Å². The Morgan fingerprint density at radius 1 is 1.30 bits per heavy atom. The molecule has 2 aliphatic rings. The summed E-state index contributed by atoms with van der Waals surface area (Å²) in [7, 11) is -3.68. The Morgan fingerprint density at radius 3 is 2.60 bits per heavy atom. The first kappa shape index (κ1) is 14.0. The predicted octanol–water partition coefficient (Wildman–Crippen LogP) is 1.45. The number of carbonyl (C=O) groups excluding carboxylic acids is 1. The van der Waals surface area contributed by atoms with E-state index in [1.54, 1.807) is 24.3 Å². The van der Waals surface area contributed by atoms with Gasteiger partial charge in [-0.1, -0.05) is 33.6 Å². The lowest BCUT2D eigenvalue weighted by molar-refractivity contribution is -0.142. The highest BCUT2D eigenvalue weighted by Gasteiger charge is 2.51. The topological polar surface area (TPSA) is 63.7 Å². The Hall–Kier alpha value is -0.920. The van der Waals surface area contributed by atoms with Gasteiger partial charge in [0.1, 0.15) is 12.1 Å². The van der Waals surface area contributed by atoms with Gasteiger partial charge in [0.05, 0.1) is 9.72 Å². The molecule has 1 aromatic rings. The molecule has 0 saturated carbocycles. The minimum atomic E-state index is -3.68. The van der Waals surface area contributed by atoms with Crippen LogP contribution in [0.3, 0.4) is 0 Å². The van der Waals surface area contributed by atoms with Gasteiger partial charge in [-0.2, -0.15) is 4.31 Å². The van der Waals surface area contributed by atoms with Crippen LogP contribution in [0.5, 0.6) is 0 Å². The summed E-state index contributed by atoms with van der Waals surface area (Å²) < 4.78 is 31.8. The van der Waals surface area contributed by atoms with Crippen molar-refractivity contribution in [3.63, 3.8) is 0 Å². The van der Waals surface area contributed by atoms with Crippen molar-refractivity contribution in [3.05, 3.63) is 29.8 Å². The van der Waals surface area contributed by atoms with E-state index in [2.05, 4.69) is 15.9 Å². The van der Waals surface area contributed by atoms with Crippen LogP contribution in [0.1, 0.15) is 12.0 Å². The summed E-state index contributed by atoms with van der Waals surface area (Å²) in [6.07, 6.45) is 0.191. The first-order valence-corrected chi connectivity index (χ1v) is 8.68. The highest BCUT2D eigenvalue weighted by Crippen LogP contribution is 2.35. The maximum atomic E-state index is 12.7. The highest BCUT2D eigenvalue weighted by atomic mass is 79.9. The van der Waals surface area contributed by atoms with E-state index in [0.29, 0.717) is 6.42 Å². The van der Waals surface area contributed by atoms with Crippen LogP contribution in [0.15, 0.2) is 29.2 Å². The Labute approximate surface area is 126 Å². The Kier molecular flexibility index (Phi) is 3.38. The lowest BCUT2D eigenvalue weighted by Gasteiger charge is -2.31. The molecule has 1 aromatic carbocycles. The molecule has 3 atom stereocenters. The van der Waals surface area contributed by atoms with Gasteiger partial charge in [-0.3, -0.25) is 4.79 Å². The van der Waals surface area contributed by atoms with Crippen LogP contribution >= 0.6 is 15.9 Å². The van der Waals surface area contributed by atoms with E-state index in [4.69, 9.17) is 4.74 Å². The number of halogens is 1. The zero-order chi connectivity index (χ0) is 14.5. The quantitative estimate of drug-likeness (QED) is 0.592. The van der Waals surface area contributed by atoms with Crippen molar-refractivity contribution >= 4 is 31.9 Å². The third kappa shape index (κ3) is 2.17. The molecule has 0 amide bonds. The van der Waals surface area contributed by atoms with Gasteiger partial charge in [0.15, 0.2) is 0 Å². The van der Waals surface area contributed by atoms with Gasteiger partial charge in [-0.05, 0) is 19.1 Å². The van der Waals surface area contributed by atoms with Gasteiger partial charge in [0.25, 0.3) is 0 Å². The second-order valence-electron chi connectivity index (χ2n) is 5.13. The number of nitrogens with zero attached hydrogens (tertiary/aromatic N) is 1. The molecule has 3 rings (SSSR count). The molecule has 0 aliphatic carbocycles. The second kappa shape index (κ2) is 4.82. The van der Waals surface area contributed by atoms with E-state index >= 15 is 0 Å². The lowest BCUT2D eigenvalue weighted by atomic mass is 10.1. The number of piperidine rings is 1. The van der Waals surface area contributed by atoms with Crippen molar-refractivity contribution in [1.29, 1.82) is 0 Å². The molecule has 2 heterocycles. The van der Waals surface area contributed by atoms with E-state index in [0.717, 1.165) is 5.56 Å². The number of hydrogen-bond acceptors (Lipinski definition) is 4. The molecule has 3 unspecified atom stereocenters. The highest BCUT2D eigenvalue weighted by molar-refractivity contribution is 9.09. The van der Waals surface area contributed by atoms with E-state index in [-0.39, 0.29) is 22.4 Å². The summed E-state index contributed by atoms with van der Waals surface area (Å²) in [4.78, 5) is 11.8. The van der Waals surface area contributed by atoms with Crippen LogP contribution in [0.2, 0.25) is 0 Å². The zero-order valence-electron chi connectivity index (χ0n) is 10.8. The number of esters is 1. The molecule has 0 radical (unpaired) electrons. The summed E-state index contributed by atoms with van der Waals surface area (Å²) in [5.41, 5.74) is 0.987. The molecule has 2 saturated heterocycles. The van der Waals surface area contributed by atoms with Gasteiger partial charge in [-0.25, -0.2) is 8.42 Å². The van der Waals surface area contributed by atoms with Crippen LogP contribution in [0.4, 0.5) is 0 Å². The number of hydrogen-bond donors (Lipinski definition) is 0. The minimum absolute atomic E-state index is 0.162. The first-order valence-electron chi connectivity index (χ1n) is 6.32. The van der Waals surface area contributed by atoms with Crippen LogP contribution in [0, 0.1) is 6.92 Å². The molecule has 0 N–H and O–H groups in total. The van der Waals surface area contributed by atoms with E-state index in [1.807, 2.05) is 6.92 Å². The van der Waals surface area contributed by atoms with Crippen molar-refractivity contribution in [2.24, 2.45) is 0 Å². The second-order valence-corrected chi connectivity index (χ2v) is 8.20. The SMILES string of the molecule is Cc1ccc(S(=O)(=O)N2CC(Br)C3CC2C(=O)O3)cc1. The van der Waals surface area contributed by atoms with Crippen LogP contribution in [-0.4, -0.2) is 42.2 Å². The molecule has 7 heteroatoms. The fourth-order valence-corrected chi connectivity index (χ4v) is 5.02. The number of carbonyl (C=O) groups is 1. The molecule has 108 valence electrons. The summed E-state index contributed by atoms with van der Waals surface area (Å²) in [5.74, 6) is -0.451. The van der Waals surface area contributed by atoms with Crippen molar-refractivity contribution in [2.45, 2.75) is 35.2 Å². The monoisotopic (exact) mass is 359 g/mol. The number of rotatable bonds is 2. The van der Waals surface area contributed by atoms with Crippen LogP contribution in [0.25, 0.3) is 0 Å². The average Bonchev–Trinajstić information content (AvgIpc) is 2.72. The predicted molar refractivity (Wildman–Crippen MR) is 76.1 cm³/mol. The Bertz CT molecular complexity index is 643. The summed E-state index contributed by atoms with van der Waals surface area (Å²) in [6.45, 7) is 2.14. The fourth-order valence-electron chi connectivity index (χ4n) is 2.58. The van der Waals surface area contributed by atoms with Gasteiger partial charge in [0, 0.05) is 13.0 Å². The zero-order valence-corrected chi connectivity index (χ0v) is 13.2. The number of ether oxygens (including phenoxy) is 1. The Morgan fingerprint density at radius 2 is 1.95 bits per heavy atom. The van der Waals surface area contributed by atoms with Gasteiger partial charge >= 0.3 is 5.97 Å². The number of alkyl halides is 1. The van der Waals surface area contributed by atoms with Crippen molar-refractivity contribution in [1.82, 2.24) is 4.31 Å². The molecule has 0 aromatic heterocycles. The standard InChI is InChI=1S/C13H14BrNO4S/c1-8-2-4-9(5-3-8)20(17,18)15-7-10(14)12-6-11(15)13(16)19-12/h2-5,10-12H,6-7H2,1H3. The normalized spacial score (nSPS) is 30.3. The molecule has 2 fully saturated rings. The average molecular weight is 360 g/mol. The molecule has 2 aliphatic heterocycles. The summed E-state index contributed by atoms with van der Waals surface area (Å²) in [6, 6.07) is 5.94. The van der Waals surface area contributed by atoms with E-state index < -0.39 is 22.0 Å². The minimum Gasteiger partial charge on any atom is -0.460 e. The largest absolute Gasteiger partial charge is 0.460 e. The summed E-state index contributed by atoms with van der Waals surface area (Å²) in [5, 5.41) is 0. The van der Waals surface area contributed by atoms with E-state index in [9.17, 15) is 13.2 Å². The van der Waals surface area contributed by atoms with Gasteiger partial charge in [0.2, 0.25) is 10.0 Å². The molecule has 20 heavy (non-hydrogen) atoms. The number of benzene rings is 1. The fraction of sp³-hybridized carbons (Fsp3) is 0.462. The number of sulfonamides is 1. The van der Waals surface area contributed by atoms with Crippen LogP contribution < -0.4 is 0 Å². The third-order valence-electron chi connectivity index (χ3n) is 3.73. The first-order chi connectivity index (χ1) is 9.39. The van der Waals surface area contributed by atoms with E-state index in [1.165, 1.54) is 4.31 Å².